The summed E-state index contributed by atoms with van der Waals surface area (Å²) >= 11 is 7.28. The highest BCUT2D eigenvalue weighted by atomic mass is 35.5. The molecule has 1 aliphatic carbocycles. The van der Waals surface area contributed by atoms with Gasteiger partial charge in [0.2, 0.25) is 0 Å². The van der Waals surface area contributed by atoms with Crippen LogP contribution in [0.25, 0.3) is 10.6 Å². The predicted octanol–water partition coefficient (Wildman–Crippen LogP) is 2.00. The molecule has 20 heavy (non-hydrogen) atoms. The molecule has 4 rings (SSSR count). The van der Waals surface area contributed by atoms with Crippen molar-refractivity contribution in [2.45, 2.75) is 6.04 Å². The van der Waals surface area contributed by atoms with Gasteiger partial charge in [-0.15, -0.1) is 11.3 Å². The van der Waals surface area contributed by atoms with Gasteiger partial charge in [0, 0.05) is 25.2 Å². The molecule has 7 heteroatoms. The summed E-state index contributed by atoms with van der Waals surface area (Å²) < 4.78 is 5.89. The molecule has 5 nitrogen and oxygen atoms in total. The summed E-state index contributed by atoms with van der Waals surface area (Å²) in [5, 5.41) is 10.2. The van der Waals surface area contributed by atoms with E-state index < -0.39 is 0 Å². The molecule has 1 aliphatic heterocycles. The van der Waals surface area contributed by atoms with Crippen molar-refractivity contribution in [1.29, 1.82) is 0 Å². The minimum Gasteiger partial charge on any atom is -0.355 e. The number of fused-ring (bicyclic) bond motifs is 1. The summed E-state index contributed by atoms with van der Waals surface area (Å²) in [6.07, 6.45) is 0. The van der Waals surface area contributed by atoms with E-state index >= 15 is 0 Å². The lowest BCUT2D eigenvalue weighted by molar-refractivity contribution is 0.0937. The average Bonchev–Trinajstić information content (AvgIpc) is 2.97. The third-order valence-corrected chi connectivity index (χ3v) is 5.19. The lowest BCUT2D eigenvalue weighted by atomic mass is 10.3. The van der Waals surface area contributed by atoms with E-state index in [1.54, 1.807) is 12.1 Å². The van der Waals surface area contributed by atoms with Crippen LogP contribution >= 0.6 is 22.9 Å². The van der Waals surface area contributed by atoms with Crippen molar-refractivity contribution in [2.75, 3.05) is 13.1 Å². The molecule has 104 valence electrons. The van der Waals surface area contributed by atoms with Crippen LogP contribution in [0.1, 0.15) is 10.5 Å². The van der Waals surface area contributed by atoms with Gasteiger partial charge in [0.05, 0.1) is 9.21 Å². The molecule has 0 aromatic carbocycles. The monoisotopic (exact) mass is 309 g/mol. The maximum absolute atomic E-state index is 12.1. The number of amides is 1. The van der Waals surface area contributed by atoms with E-state index in [0.717, 1.165) is 18.0 Å². The van der Waals surface area contributed by atoms with Crippen molar-refractivity contribution >= 4 is 28.8 Å². The van der Waals surface area contributed by atoms with Gasteiger partial charge in [-0.2, -0.15) is 0 Å². The quantitative estimate of drug-likeness (QED) is 0.910. The number of thiophene rings is 1. The Morgan fingerprint density at radius 2 is 2.25 bits per heavy atom. The Balaban J connectivity index is 1.46. The largest absolute Gasteiger partial charge is 0.355 e. The minimum atomic E-state index is -0.165. The summed E-state index contributed by atoms with van der Waals surface area (Å²) in [6, 6.07) is 5.60. The van der Waals surface area contributed by atoms with E-state index in [-0.39, 0.29) is 5.91 Å². The third-order valence-electron chi connectivity index (χ3n) is 3.95. The van der Waals surface area contributed by atoms with Gasteiger partial charge in [-0.05, 0) is 24.0 Å². The topological polar surface area (TPSA) is 67.2 Å². The summed E-state index contributed by atoms with van der Waals surface area (Å²) in [5.41, 5.74) is 0.322. The van der Waals surface area contributed by atoms with E-state index in [9.17, 15) is 4.79 Å². The van der Waals surface area contributed by atoms with E-state index in [1.807, 2.05) is 6.07 Å². The molecule has 1 saturated heterocycles. The Labute approximate surface area is 124 Å². The molecule has 1 unspecified atom stereocenters. The first-order chi connectivity index (χ1) is 9.72. The number of hydrogen-bond acceptors (Lipinski definition) is 5. The molecule has 3 atom stereocenters. The Morgan fingerprint density at radius 1 is 1.45 bits per heavy atom. The fourth-order valence-corrected chi connectivity index (χ4v) is 3.79. The smallest absolute Gasteiger partial charge is 0.273 e. The number of carbonyl (C=O) groups excluding carboxylic acids is 1. The average molecular weight is 310 g/mol. The number of carbonyl (C=O) groups is 1. The van der Waals surface area contributed by atoms with Crippen LogP contribution in [0.5, 0.6) is 0 Å². The van der Waals surface area contributed by atoms with Gasteiger partial charge < -0.3 is 15.2 Å². The molecule has 2 aromatic heterocycles. The van der Waals surface area contributed by atoms with Crippen molar-refractivity contribution in [3.63, 3.8) is 0 Å². The zero-order valence-corrected chi connectivity index (χ0v) is 12.0. The normalized spacial score (nSPS) is 27.4. The summed E-state index contributed by atoms with van der Waals surface area (Å²) in [6.45, 7) is 1.99. The van der Waals surface area contributed by atoms with Gasteiger partial charge in [0.25, 0.3) is 5.91 Å². The lowest BCUT2D eigenvalue weighted by Gasteiger charge is -2.05. The number of aromatic nitrogens is 1. The molecular weight excluding hydrogens is 298 g/mol. The van der Waals surface area contributed by atoms with Crippen LogP contribution in [0.2, 0.25) is 4.34 Å². The van der Waals surface area contributed by atoms with E-state index in [1.165, 1.54) is 11.3 Å². The van der Waals surface area contributed by atoms with Crippen molar-refractivity contribution in [3.05, 3.63) is 28.2 Å². The van der Waals surface area contributed by atoms with Crippen LogP contribution in [0.4, 0.5) is 0 Å². The summed E-state index contributed by atoms with van der Waals surface area (Å²) in [4.78, 5) is 13.0. The van der Waals surface area contributed by atoms with Gasteiger partial charge in [-0.1, -0.05) is 16.8 Å². The van der Waals surface area contributed by atoms with Crippen molar-refractivity contribution in [2.24, 2.45) is 11.8 Å². The first kappa shape index (κ1) is 12.4. The highest BCUT2D eigenvalue weighted by molar-refractivity contribution is 7.19. The Morgan fingerprint density at radius 3 is 2.95 bits per heavy atom. The van der Waals surface area contributed by atoms with Crippen molar-refractivity contribution < 1.29 is 9.32 Å². The second-order valence-corrected chi connectivity index (χ2v) is 6.88. The molecular formula is C13H12ClN3O2S. The maximum atomic E-state index is 12.1. The molecule has 0 radical (unpaired) electrons. The first-order valence-corrected chi connectivity index (χ1v) is 7.66. The van der Waals surface area contributed by atoms with Gasteiger partial charge >= 0.3 is 0 Å². The van der Waals surface area contributed by atoms with Crippen LogP contribution in [0.3, 0.4) is 0 Å². The van der Waals surface area contributed by atoms with E-state index in [2.05, 4.69) is 15.8 Å². The highest BCUT2D eigenvalue weighted by Crippen LogP contribution is 2.41. The fourth-order valence-electron chi connectivity index (χ4n) is 2.80. The second kappa shape index (κ2) is 4.58. The SMILES string of the molecule is O=C(NC1[C@H]2CNC[C@@H]12)c1cc(-c2ccc(Cl)s2)on1. The lowest BCUT2D eigenvalue weighted by Crippen LogP contribution is -2.32. The van der Waals surface area contributed by atoms with Gasteiger partial charge in [0.15, 0.2) is 11.5 Å². The Kier molecular flexibility index (Phi) is 2.83. The van der Waals surface area contributed by atoms with Crippen LogP contribution in [0.15, 0.2) is 22.7 Å². The van der Waals surface area contributed by atoms with E-state index in [0.29, 0.717) is 33.7 Å². The maximum Gasteiger partial charge on any atom is 0.273 e. The van der Waals surface area contributed by atoms with Gasteiger partial charge in [0.1, 0.15) is 0 Å². The zero-order valence-electron chi connectivity index (χ0n) is 10.4. The first-order valence-electron chi connectivity index (χ1n) is 6.46. The minimum absolute atomic E-state index is 0.165. The number of nitrogens with zero attached hydrogens (tertiary/aromatic N) is 1. The Bertz CT molecular complexity index is 658. The predicted molar refractivity (Wildman–Crippen MR) is 75.9 cm³/mol. The molecule has 2 N–H and O–H groups in total. The van der Waals surface area contributed by atoms with Crippen LogP contribution in [-0.2, 0) is 0 Å². The number of hydrogen-bond donors (Lipinski definition) is 2. The van der Waals surface area contributed by atoms with E-state index in [4.69, 9.17) is 16.1 Å². The number of halogens is 1. The van der Waals surface area contributed by atoms with Crippen LogP contribution in [-0.4, -0.2) is 30.2 Å². The zero-order chi connectivity index (χ0) is 13.7. The van der Waals surface area contributed by atoms with Crippen molar-refractivity contribution in [1.82, 2.24) is 15.8 Å². The number of rotatable bonds is 3. The highest BCUT2D eigenvalue weighted by Gasteiger charge is 2.53. The van der Waals surface area contributed by atoms with Gasteiger partial charge in [-0.3, -0.25) is 4.79 Å². The number of piperidine rings is 1. The standard InChI is InChI=1S/C13H12ClN3O2S/c14-11-2-1-10(20-11)9-3-8(17-19-9)13(18)16-12-6-4-15-5-7(6)12/h1-3,6-7,12,15H,4-5H2,(H,16,18)/t6-,7+,12?. The molecule has 0 spiro atoms. The summed E-state index contributed by atoms with van der Waals surface area (Å²) in [5.74, 6) is 1.58. The summed E-state index contributed by atoms with van der Waals surface area (Å²) in [7, 11) is 0. The third kappa shape index (κ3) is 2.04. The molecule has 2 aliphatic rings. The second-order valence-electron chi connectivity index (χ2n) is 5.17. The molecule has 2 aromatic rings. The molecule has 2 fully saturated rings. The van der Waals surface area contributed by atoms with Crippen molar-refractivity contribution in [3.8, 4) is 10.6 Å². The Hall–Kier alpha value is -1.37. The van der Waals surface area contributed by atoms with Crippen LogP contribution in [0, 0.1) is 11.8 Å². The fraction of sp³-hybridized carbons (Fsp3) is 0.385. The van der Waals surface area contributed by atoms with Gasteiger partial charge in [-0.25, -0.2) is 0 Å². The molecule has 3 heterocycles. The molecule has 1 saturated carbocycles. The number of nitrogens with one attached hydrogen (secondary N) is 2. The molecule has 0 bridgehead atoms. The molecule has 1 amide bonds. The van der Waals surface area contributed by atoms with Crippen LogP contribution < -0.4 is 10.6 Å².